The molecule has 1 aromatic carbocycles. The van der Waals surface area contributed by atoms with Crippen molar-refractivity contribution >= 4 is 0 Å². The predicted molar refractivity (Wildman–Crippen MR) is 92.0 cm³/mol. The molecule has 2 atom stereocenters. The van der Waals surface area contributed by atoms with E-state index in [1.165, 1.54) is 12.1 Å². The molecule has 124 valence electrons. The summed E-state index contributed by atoms with van der Waals surface area (Å²) in [5, 5.41) is 10.5. The number of benzene rings is 1. The molecule has 0 amide bonds. The molecule has 0 saturated carbocycles. The number of aromatic hydroxyl groups is 1. The molecule has 0 radical (unpaired) electrons. The summed E-state index contributed by atoms with van der Waals surface area (Å²) in [4.78, 5) is 2.36. The summed E-state index contributed by atoms with van der Waals surface area (Å²) in [6.45, 7) is 4.34. The third-order valence-electron chi connectivity index (χ3n) is 5.70. The van der Waals surface area contributed by atoms with E-state index in [0.717, 1.165) is 37.9 Å². The fourth-order valence-electron chi connectivity index (χ4n) is 4.48. The lowest BCUT2D eigenvalue weighted by Gasteiger charge is -2.48. The lowest BCUT2D eigenvalue weighted by molar-refractivity contribution is 0.139. The standard InChI is InChI=1S/C20H26FNO/c1-3-15-6-4-5-11-20(15,16-9-12-22(2)13-10-16)18-8-7-17(21)14-19(18)23/h4-8,11,14-16,23H,3,9-10,12-13H2,1-2H3. The van der Waals surface area contributed by atoms with Gasteiger partial charge in [-0.05, 0) is 57.3 Å². The topological polar surface area (TPSA) is 23.5 Å². The normalized spacial score (nSPS) is 29.1. The van der Waals surface area contributed by atoms with Crippen LogP contribution in [0.5, 0.6) is 5.75 Å². The molecule has 1 N–H and O–H groups in total. The molecular weight excluding hydrogens is 289 g/mol. The first-order valence-corrected chi connectivity index (χ1v) is 8.61. The van der Waals surface area contributed by atoms with E-state index in [-0.39, 0.29) is 17.0 Å². The van der Waals surface area contributed by atoms with E-state index >= 15 is 0 Å². The highest BCUT2D eigenvalue weighted by Gasteiger charge is 2.46. The lowest BCUT2D eigenvalue weighted by atomic mass is 9.57. The van der Waals surface area contributed by atoms with E-state index in [1.807, 2.05) is 0 Å². The predicted octanol–water partition coefficient (Wildman–Crippen LogP) is 4.26. The molecule has 2 nitrogen and oxygen atoms in total. The first kappa shape index (κ1) is 16.3. The van der Waals surface area contributed by atoms with Gasteiger partial charge in [-0.25, -0.2) is 4.39 Å². The minimum atomic E-state index is -0.381. The molecule has 3 rings (SSSR count). The highest BCUT2D eigenvalue weighted by atomic mass is 19.1. The van der Waals surface area contributed by atoms with Crippen LogP contribution < -0.4 is 0 Å². The molecule has 1 aromatic rings. The number of halogens is 1. The van der Waals surface area contributed by atoms with Gasteiger partial charge in [0.05, 0.1) is 0 Å². The first-order valence-electron chi connectivity index (χ1n) is 8.61. The molecule has 0 bridgehead atoms. The molecule has 0 spiro atoms. The smallest absolute Gasteiger partial charge is 0.126 e. The number of rotatable bonds is 3. The quantitative estimate of drug-likeness (QED) is 0.901. The second-order valence-electron chi connectivity index (χ2n) is 6.93. The minimum absolute atomic E-state index is 0.0855. The van der Waals surface area contributed by atoms with E-state index in [0.29, 0.717) is 11.8 Å². The van der Waals surface area contributed by atoms with Crippen molar-refractivity contribution in [2.24, 2.45) is 11.8 Å². The van der Waals surface area contributed by atoms with Crippen molar-refractivity contribution in [1.29, 1.82) is 0 Å². The Bertz CT molecular complexity index is 616. The summed E-state index contributed by atoms with van der Waals surface area (Å²) in [7, 11) is 2.16. The fourth-order valence-corrected chi connectivity index (χ4v) is 4.48. The zero-order valence-electron chi connectivity index (χ0n) is 14.0. The van der Waals surface area contributed by atoms with Crippen LogP contribution in [0, 0.1) is 17.7 Å². The van der Waals surface area contributed by atoms with Crippen LogP contribution in [0.3, 0.4) is 0 Å². The number of piperidine rings is 1. The molecule has 3 heteroatoms. The largest absolute Gasteiger partial charge is 0.508 e. The number of phenolic OH excluding ortho intramolecular Hbond substituents is 1. The van der Waals surface area contributed by atoms with Gasteiger partial charge in [0.25, 0.3) is 0 Å². The fraction of sp³-hybridized carbons (Fsp3) is 0.500. The third kappa shape index (κ3) is 2.83. The van der Waals surface area contributed by atoms with Gasteiger partial charge in [-0.1, -0.05) is 37.3 Å². The van der Waals surface area contributed by atoms with Crippen LogP contribution in [0.15, 0.2) is 42.5 Å². The summed E-state index contributed by atoms with van der Waals surface area (Å²) >= 11 is 0. The van der Waals surface area contributed by atoms with Crippen LogP contribution in [0.2, 0.25) is 0 Å². The number of nitrogens with zero attached hydrogens (tertiary/aromatic N) is 1. The van der Waals surface area contributed by atoms with Gasteiger partial charge in [0.2, 0.25) is 0 Å². The molecule has 1 fully saturated rings. The summed E-state index contributed by atoms with van der Waals surface area (Å²) < 4.78 is 13.5. The maximum Gasteiger partial charge on any atom is 0.126 e. The van der Waals surface area contributed by atoms with Crippen molar-refractivity contribution in [3.8, 4) is 5.75 Å². The molecule has 1 heterocycles. The van der Waals surface area contributed by atoms with Gasteiger partial charge in [-0.15, -0.1) is 0 Å². The van der Waals surface area contributed by atoms with E-state index in [4.69, 9.17) is 0 Å². The summed E-state index contributed by atoms with van der Waals surface area (Å²) in [6.07, 6.45) is 11.9. The van der Waals surface area contributed by atoms with Crippen molar-refractivity contribution < 1.29 is 9.50 Å². The zero-order chi connectivity index (χ0) is 16.4. The van der Waals surface area contributed by atoms with Gasteiger partial charge >= 0.3 is 0 Å². The number of likely N-dealkylation sites (tertiary alicyclic amines) is 1. The maximum atomic E-state index is 13.5. The number of hydrogen-bond acceptors (Lipinski definition) is 2. The molecule has 23 heavy (non-hydrogen) atoms. The Balaban J connectivity index is 2.10. The third-order valence-corrected chi connectivity index (χ3v) is 5.70. The molecule has 1 saturated heterocycles. The van der Waals surface area contributed by atoms with E-state index < -0.39 is 0 Å². The van der Waals surface area contributed by atoms with Gasteiger partial charge < -0.3 is 10.0 Å². The molecule has 0 aromatic heterocycles. The van der Waals surface area contributed by atoms with Crippen LogP contribution in [-0.2, 0) is 5.41 Å². The number of phenols is 1. The van der Waals surface area contributed by atoms with Gasteiger partial charge in [0, 0.05) is 17.0 Å². The average molecular weight is 315 g/mol. The lowest BCUT2D eigenvalue weighted by Crippen LogP contribution is -2.46. The van der Waals surface area contributed by atoms with Gasteiger partial charge in [0.1, 0.15) is 11.6 Å². The van der Waals surface area contributed by atoms with Crippen molar-refractivity contribution in [1.82, 2.24) is 4.90 Å². The monoisotopic (exact) mass is 315 g/mol. The Hall–Kier alpha value is -1.61. The number of allylic oxidation sites excluding steroid dienone is 4. The van der Waals surface area contributed by atoms with Gasteiger partial charge in [0.15, 0.2) is 0 Å². The van der Waals surface area contributed by atoms with Crippen molar-refractivity contribution in [3.05, 3.63) is 53.9 Å². The van der Waals surface area contributed by atoms with Crippen LogP contribution >= 0.6 is 0 Å². The van der Waals surface area contributed by atoms with Crippen molar-refractivity contribution in [2.75, 3.05) is 20.1 Å². The van der Waals surface area contributed by atoms with Crippen molar-refractivity contribution in [2.45, 2.75) is 31.6 Å². The molecule has 2 aliphatic rings. The Morgan fingerprint density at radius 2 is 2.00 bits per heavy atom. The second-order valence-corrected chi connectivity index (χ2v) is 6.93. The molecule has 1 aliphatic carbocycles. The molecular formula is C20H26FNO. The van der Waals surface area contributed by atoms with Gasteiger partial charge in [-0.3, -0.25) is 0 Å². The summed E-state index contributed by atoms with van der Waals surface area (Å²) in [5.74, 6) is 0.494. The van der Waals surface area contributed by atoms with Crippen LogP contribution in [0.4, 0.5) is 4.39 Å². The van der Waals surface area contributed by atoms with Crippen LogP contribution in [0.1, 0.15) is 31.7 Å². The highest BCUT2D eigenvalue weighted by molar-refractivity contribution is 5.47. The zero-order valence-corrected chi connectivity index (χ0v) is 14.0. The average Bonchev–Trinajstić information content (AvgIpc) is 2.55. The Kier molecular flexibility index (Phi) is 4.58. The number of hydrogen-bond donors (Lipinski definition) is 1. The highest BCUT2D eigenvalue weighted by Crippen LogP contribution is 2.51. The summed E-state index contributed by atoms with van der Waals surface area (Å²) in [5.41, 5.74) is 0.642. The maximum absolute atomic E-state index is 13.5. The van der Waals surface area contributed by atoms with E-state index in [9.17, 15) is 9.50 Å². The second kappa shape index (κ2) is 6.48. The Labute approximate surface area is 138 Å². The van der Waals surface area contributed by atoms with Gasteiger partial charge in [-0.2, -0.15) is 0 Å². The first-order chi connectivity index (χ1) is 11.1. The van der Waals surface area contributed by atoms with Crippen LogP contribution in [0.25, 0.3) is 0 Å². The molecule has 2 unspecified atom stereocenters. The SMILES string of the molecule is CCC1C=CC=CC1(c1ccc(F)cc1O)C1CCN(C)CC1. The Morgan fingerprint density at radius 3 is 2.65 bits per heavy atom. The van der Waals surface area contributed by atoms with Crippen LogP contribution in [-0.4, -0.2) is 30.1 Å². The summed E-state index contributed by atoms with van der Waals surface area (Å²) in [6, 6.07) is 4.52. The minimum Gasteiger partial charge on any atom is -0.508 e. The van der Waals surface area contributed by atoms with E-state index in [2.05, 4.69) is 43.2 Å². The van der Waals surface area contributed by atoms with Crippen molar-refractivity contribution in [3.63, 3.8) is 0 Å². The van der Waals surface area contributed by atoms with E-state index in [1.54, 1.807) is 6.07 Å². The Morgan fingerprint density at radius 1 is 1.26 bits per heavy atom. The molecule has 1 aliphatic heterocycles.